The Bertz CT molecular complexity index is 491. The zero-order chi connectivity index (χ0) is 18.5. The fourth-order valence-corrected chi connectivity index (χ4v) is 2.95. The summed E-state index contributed by atoms with van der Waals surface area (Å²) < 4.78 is 21.5. The Balaban J connectivity index is 0.00000364. The number of hydrogen-bond acceptors (Lipinski definition) is 5. The highest BCUT2D eigenvalue weighted by molar-refractivity contribution is 14.0. The van der Waals surface area contributed by atoms with Gasteiger partial charge in [0.15, 0.2) is 5.96 Å². The van der Waals surface area contributed by atoms with Crippen molar-refractivity contribution in [3.05, 3.63) is 24.2 Å². The highest BCUT2D eigenvalue weighted by Crippen LogP contribution is 2.14. The molecule has 2 rings (SSSR count). The van der Waals surface area contributed by atoms with Gasteiger partial charge in [0.1, 0.15) is 5.76 Å². The van der Waals surface area contributed by atoms with Crippen LogP contribution in [-0.2, 0) is 20.6 Å². The minimum absolute atomic E-state index is 0. The van der Waals surface area contributed by atoms with Crippen LogP contribution in [0, 0.1) is 0 Å². The van der Waals surface area contributed by atoms with Gasteiger partial charge < -0.3 is 28.8 Å². The van der Waals surface area contributed by atoms with Crippen molar-refractivity contribution in [1.82, 2.24) is 10.2 Å². The third kappa shape index (κ3) is 9.77. The van der Waals surface area contributed by atoms with Crippen molar-refractivity contribution in [1.29, 1.82) is 0 Å². The van der Waals surface area contributed by atoms with E-state index in [-0.39, 0.29) is 24.0 Å². The first-order valence-corrected chi connectivity index (χ1v) is 9.48. The summed E-state index contributed by atoms with van der Waals surface area (Å²) in [6.07, 6.45) is 5.89. The molecule has 0 atom stereocenters. The fraction of sp³-hybridized carbons (Fsp3) is 0.737. The first kappa shape index (κ1) is 24.2. The Morgan fingerprint density at radius 2 is 2.00 bits per heavy atom. The Hall–Kier alpha value is -0.840. The van der Waals surface area contributed by atoms with E-state index in [2.05, 4.69) is 15.2 Å². The van der Waals surface area contributed by atoms with Crippen LogP contribution in [0.1, 0.15) is 25.0 Å². The number of rotatable bonds is 11. The van der Waals surface area contributed by atoms with Gasteiger partial charge in [-0.3, -0.25) is 4.99 Å². The van der Waals surface area contributed by atoms with Crippen LogP contribution < -0.4 is 5.32 Å². The second-order valence-corrected chi connectivity index (χ2v) is 6.36. The van der Waals surface area contributed by atoms with E-state index >= 15 is 0 Å². The van der Waals surface area contributed by atoms with E-state index in [9.17, 15) is 0 Å². The molecule has 1 aromatic rings. The number of nitrogens with zero attached hydrogens (tertiary/aromatic N) is 2. The summed E-state index contributed by atoms with van der Waals surface area (Å²) in [5, 5.41) is 3.46. The normalized spacial score (nSPS) is 15.6. The van der Waals surface area contributed by atoms with Gasteiger partial charge in [0.25, 0.3) is 0 Å². The lowest BCUT2D eigenvalue weighted by Gasteiger charge is -2.34. The standard InChI is InChI=1S/C19H33N3O4.HI/c1-23-13-4-15-26-18-7-11-22(12-8-18)19(21-10-16-24-2)20-9-6-17-5-3-14-25-17;/h3,5,14,18H,4,6-13,15-16H2,1-2H3,(H,20,21);1H. The number of furan rings is 1. The van der Waals surface area contributed by atoms with Crippen molar-refractivity contribution in [3.8, 4) is 0 Å². The topological polar surface area (TPSA) is 68.5 Å². The fourth-order valence-electron chi connectivity index (χ4n) is 2.95. The van der Waals surface area contributed by atoms with Crippen LogP contribution in [0.25, 0.3) is 0 Å². The molecule has 27 heavy (non-hydrogen) atoms. The van der Waals surface area contributed by atoms with Crippen molar-refractivity contribution in [2.75, 3.05) is 60.2 Å². The van der Waals surface area contributed by atoms with Gasteiger partial charge in [0, 0.05) is 53.5 Å². The molecule has 0 bridgehead atoms. The lowest BCUT2D eigenvalue weighted by atomic mass is 10.1. The van der Waals surface area contributed by atoms with E-state index < -0.39 is 0 Å². The summed E-state index contributed by atoms with van der Waals surface area (Å²) in [6.45, 7) is 5.52. The molecule has 8 heteroatoms. The number of guanidine groups is 1. The smallest absolute Gasteiger partial charge is 0.194 e. The number of aliphatic imine (C=N–C) groups is 1. The minimum atomic E-state index is 0. The summed E-state index contributed by atoms with van der Waals surface area (Å²) in [6, 6.07) is 3.91. The second-order valence-electron chi connectivity index (χ2n) is 6.36. The molecule has 0 aromatic carbocycles. The predicted molar refractivity (Wildman–Crippen MR) is 117 cm³/mol. The summed E-state index contributed by atoms with van der Waals surface area (Å²) in [7, 11) is 3.42. The summed E-state index contributed by atoms with van der Waals surface area (Å²) in [5.41, 5.74) is 0. The van der Waals surface area contributed by atoms with Gasteiger partial charge in [0.05, 0.1) is 25.5 Å². The van der Waals surface area contributed by atoms with Crippen LogP contribution in [0.3, 0.4) is 0 Å². The number of methoxy groups -OCH3 is 2. The van der Waals surface area contributed by atoms with E-state index in [1.54, 1.807) is 20.5 Å². The first-order valence-electron chi connectivity index (χ1n) is 9.48. The highest BCUT2D eigenvalue weighted by Gasteiger charge is 2.22. The molecule has 0 unspecified atom stereocenters. The van der Waals surface area contributed by atoms with Crippen LogP contribution in [0.5, 0.6) is 0 Å². The van der Waals surface area contributed by atoms with Crippen LogP contribution >= 0.6 is 24.0 Å². The van der Waals surface area contributed by atoms with Crippen molar-refractivity contribution in [2.24, 2.45) is 4.99 Å². The average Bonchev–Trinajstić information content (AvgIpc) is 3.18. The molecule has 0 saturated carbocycles. The molecule has 0 aliphatic carbocycles. The van der Waals surface area contributed by atoms with Gasteiger partial charge in [-0.1, -0.05) is 0 Å². The third-order valence-corrected chi connectivity index (χ3v) is 4.38. The van der Waals surface area contributed by atoms with Crippen LogP contribution in [-0.4, -0.2) is 77.2 Å². The molecule has 1 aliphatic rings. The largest absolute Gasteiger partial charge is 0.469 e. The first-order chi connectivity index (χ1) is 12.8. The van der Waals surface area contributed by atoms with Crippen LogP contribution in [0.4, 0.5) is 0 Å². The van der Waals surface area contributed by atoms with Gasteiger partial charge >= 0.3 is 0 Å². The van der Waals surface area contributed by atoms with Crippen LogP contribution in [0.15, 0.2) is 27.8 Å². The second kappa shape index (κ2) is 15.1. The van der Waals surface area contributed by atoms with Gasteiger partial charge in [-0.2, -0.15) is 0 Å². The number of piperidine rings is 1. The van der Waals surface area contributed by atoms with Crippen molar-refractivity contribution in [3.63, 3.8) is 0 Å². The number of halogens is 1. The van der Waals surface area contributed by atoms with E-state index in [0.29, 0.717) is 19.3 Å². The maximum atomic E-state index is 5.94. The Morgan fingerprint density at radius 1 is 1.22 bits per heavy atom. The van der Waals surface area contributed by atoms with E-state index in [1.807, 2.05) is 12.1 Å². The van der Waals surface area contributed by atoms with Gasteiger partial charge in [-0.05, 0) is 31.4 Å². The minimum Gasteiger partial charge on any atom is -0.469 e. The summed E-state index contributed by atoms with van der Waals surface area (Å²) in [5.74, 6) is 1.93. The Labute approximate surface area is 179 Å². The molecule has 2 heterocycles. The van der Waals surface area contributed by atoms with Gasteiger partial charge in [0.2, 0.25) is 0 Å². The average molecular weight is 495 g/mol. The zero-order valence-corrected chi connectivity index (χ0v) is 18.9. The predicted octanol–water partition coefficient (Wildman–Crippen LogP) is 2.55. The quantitative estimate of drug-likeness (QED) is 0.220. The molecule has 0 amide bonds. The molecule has 1 fully saturated rings. The summed E-state index contributed by atoms with van der Waals surface area (Å²) in [4.78, 5) is 7.00. The molecule has 0 radical (unpaired) electrons. The number of likely N-dealkylation sites (tertiary alicyclic amines) is 1. The molecular formula is C19H34IN3O4. The molecule has 1 saturated heterocycles. The van der Waals surface area contributed by atoms with Gasteiger partial charge in [-0.15, -0.1) is 24.0 Å². The van der Waals surface area contributed by atoms with E-state index in [1.165, 1.54) is 0 Å². The molecule has 1 aromatic heterocycles. The Kier molecular flexibility index (Phi) is 13.6. The number of nitrogens with one attached hydrogen (secondary N) is 1. The number of ether oxygens (including phenoxy) is 3. The lowest BCUT2D eigenvalue weighted by Crippen LogP contribution is -2.47. The third-order valence-electron chi connectivity index (χ3n) is 4.38. The van der Waals surface area contributed by atoms with Crippen molar-refractivity contribution < 1.29 is 18.6 Å². The molecule has 156 valence electrons. The monoisotopic (exact) mass is 495 g/mol. The van der Waals surface area contributed by atoms with Crippen molar-refractivity contribution in [2.45, 2.75) is 31.8 Å². The van der Waals surface area contributed by atoms with Gasteiger partial charge in [-0.25, -0.2) is 0 Å². The maximum Gasteiger partial charge on any atom is 0.194 e. The maximum absolute atomic E-state index is 5.94. The van der Waals surface area contributed by atoms with E-state index in [0.717, 1.165) is 70.3 Å². The molecular weight excluding hydrogens is 461 g/mol. The van der Waals surface area contributed by atoms with E-state index in [4.69, 9.17) is 18.6 Å². The van der Waals surface area contributed by atoms with Crippen LogP contribution in [0.2, 0.25) is 0 Å². The Morgan fingerprint density at radius 3 is 2.67 bits per heavy atom. The molecule has 7 nitrogen and oxygen atoms in total. The lowest BCUT2D eigenvalue weighted by molar-refractivity contribution is 0.00988. The summed E-state index contributed by atoms with van der Waals surface area (Å²) >= 11 is 0. The number of hydrogen-bond donors (Lipinski definition) is 1. The molecule has 1 aliphatic heterocycles. The molecule has 1 N–H and O–H groups in total. The highest BCUT2D eigenvalue weighted by atomic mass is 127. The SMILES string of the molecule is COCCCOC1CCN(C(=NCCOC)NCCc2ccco2)CC1.I. The molecule has 0 spiro atoms. The zero-order valence-electron chi connectivity index (χ0n) is 16.5. The van der Waals surface area contributed by atoms with Crippen molar-refractivity contribution >= 4 is 29.9 Å².